The molecule has 1 aliphatic carbocycles. The summed E-state index contributed by atoms with van der Waals surface area (Å²) in [7, 11) is 0. The van der Waals surface area contributed by atoms with Crippen LogP contribution >= 0.6 is 23.5 Å². The molecule has 2 heterocycles. The van der Waals surface area contributed by atoms with Crippen molar-refractivity contribution in [3.8, 4) is 0 Å². The Morgan fingerprint density at radius 3 is 2.32 bits per heavy atom. The zero-order chi connectivity index (χ0) is 39.3. The zero-order valence-electron chi connectivity index (χ0n) is 29.1. The van der Waals surface area contributed by atoms with Gasteiger partial charge in [-0.3, -0.25) is 29.1 Å². The fourth-order valence-electron chi connectivity index (χ4n) is 5.07. The Labute approximate surface area is 311 Å². The van der Waals surface area contributed by atoms with Crippen LogP contribution in [0.15, 0.2) is 17.1 Å². The van der Waals surface area contributed by atoms with Gasteiger partial charge in [-0.2, -0.15) is 37.3 Å². The number of esters is 1. The van der Waals surface area contributed by atoms with E-state index < -0.39 is 79.0 Å². The first kappa shape index (κ1) is 43.7. The molecule has 1 aliphatic heterocycles. The zero-order valence-corrected chi connectivity index (χ0v) is 30.7. The van der Waals surface area contributed by atoms with Crippen molar-refractivity contribution in [3.63, 3.8) is 0 Å². The molecule has 2 aliphatic rings. The van der Waals surface area contributed by atoms with Crippen LogP contribution in [0.5, 0.6) is 0 Å². The molecule has 21 heteroatoms. The number of carboxylic acid groups (broad SMARTS) is 1. The van der Waals surface area contributed by atoms with E-state index in [1.165, 1.54) is 30.4 Å². The summed E-state index contributed by atoms with van der Waals surface area (Å²) < 4.78 is 49.6. The highest BCUT2D eigenvalue weighted by atomic mass is 32.2. The fourth-order valence-corrected chi connectivity index (χ4v) is 8.45. The number of nitrogens with zero attached hydrogens (tertiary/aromatic N) is 2. The predicted molar refractivity (Wildman–Crippen MR) is 185 cm³/mol. The Morgan fingerprint density at radius 1 is 1.09 bits per heavy atom. The van der Waals surface area contributed by atoms with Crippen LogP contribution in [0.3, 0.4) is 0 Å². The summed E-state index contributed by atoms with van der Waals surface area (Å²) in [6, 6.07) is 1.08. The van der Waals surface area contributed by atoms with Crippen molar-refractivity contribution >= 4 is 64.8 Å². The van der Waals surface area contributed by atoms with Crippen LogP contribution in [-0.4, -0.2) is 122 Å². The van der Waals surface area contributed by atoms with E-state index in [0.29, 0.717) is 16.7 Å². The SMILES string of the molecule is CCC(CSC1CCC1SCC(CC(=O)CCOCCC(C)=O)C(=O)O)C(=O)NC(=O)OCC(=O)OC[C@@H]1O[C@H](n2ccc(N)nc2=O)C(F)(F)[C@H]1O. The average Bonchev–Trinajstić information content (AvgIpc) is 3.30. The molecule has 2 amide bonds. The Kier molecular flexibility index (Phi) is 17.1. The van der Waals surface area contributed by atoms with E-state index in [-0.39, 0.29) is 66.1 Å². The number of ketones is 2. The van der Waals surface area contributed by atoms with E-state index in [1.807, 2.05) is 5.32 Å². The quantitative estimate of drug-likeness (QED) is 0.0960. The van der Waals surface area contributed by atoms with Crippen LogP contribution in [0.25, 0.3) is 0 Å². The molecule has 7 atom stereocenters. The summed E-state index contributed by atoms with van der Waals surface area (Å²) in [6.45, 7) is 1.64. The summed E-state index contributed by atoms with van der Waals surface area (Å²) in [6.07, 6.45) is -4.57. The lowest BCUT2D eigenvalue weighted by molar-refractivity contribution is -0.154. The van der Waals surface area contributed by atoms with Crippen LogP contribution in [0.4, 0.5) is 19.4 Å². The number of thioether (sulfide) groups is 2. The number of nitrogens with one attached hydrogen (secondary N) is 1. The molecule has 53 heavy (non-hydrogen) atoms. The molecule has 1 aromatic heterocycles. The standard InChI is InChI=1S/C32H44F2N4O13S2/c1-3-18(15-52-22-4-5-23(22)53-16-19(28(44)45)12-20(40)8-11-48-10-7-17(2)39)27(43)37-31(47)50-14-25(41)49-13-21-26(42)32(33,34)29(51-21)38-9-6-24(35)36-30(38)46/h6,9,18-19,21-23,26,29,42H,3-5,7-8,10-16H2,1-2H3,(H,44,45)(H2,35,36,46)(H,37,43,47)/t18?,19?,21-,22?,23?,26-,29-/m0/s1. The number of alkyl halides is 2. The molecule has 0 radical (unpaired) electrons. The monoisotopic (exact) mass is 794 g/mol. The van der Waals surface area contributed by atoms with Gasteiger partial charge in [0.15, 0.2) is 12.7 Å². The Hall–Kier alpha value is -3.66. The average molecular weight is 795 g/mol. The maximum atomic E-state index is 14.7. The topological polar surface area (TPSA) is 253 Å². The largest absolute Gasteiger partial charge is 0.481 e. The number of ether oxygens (including phenoxy) is 4. The highest BCUT2D eigenvalue weighted by molar-refractivity contribution is 8.04. The molecule has 5 N–H and O–H groups in total. The number of aromatic nitrogens is 2. The number of carbonyl (C=O) groups is 6. The summed E-state index contributed by atoms with van der Waals surface area (Å²) in [4.78, 5) is 87.4. The van der Waals surface area contributed by atoms with Gasteiger partial charge in [-0.15, -0.1) is 0 Å². The van der Waals surface area contributed by atoms with Crippen molar-refractivity contribution in [1.82, 2.24) is 14.9 Å². The lowest BCUT2D eigenvalue weighted by atomic mass is 9.99. The van der Waals surface area contributed by atoms with Gasteiger partial charge in [0.2, 0.25) is 12.1 Å². The number of aliphatic carboxylic acids is 1. The van der Waals surface area contributed by atoms with E-state index >= 15 is 0 Å². The van der Waals surface area contributed by atoms with Gasteiger partial charge in [0.05, 0.1) is 19.1 Å². The van der Waals surface area contributed by atoms with Crippen LogP contribution < -0.4 is 16.7 Å². The van der Waals surface area contributed by atoms with Gasteiger partial charge in [-0.1, -0.05) is 6.92 Å². The van der Waals surface area contributed by atoms with Crippen molar-refractivity contribution < 1.29 is 66.7 Å². The number of alkyl carbamates (subject to hydrolysis) is 1. The van der Waals surface area contributed by atoms with Crippen molar-refractivity contribution in [3.05, 3.63) is 22.7 Å². The highest BCUT2D eigenvalue weighted by Gasteiger charge is 2.60. The number of carboxylic acids is 1. The minimum atomic E-state index is -3.97. The van der Waals surface area contributed by atoms with Gasteiger partial charge in [0, 0.05) is 53.4 Å². The number of aliphatic hydroxyl groups is 1. The summed E-state index contributed by atoms with van der Waals surface area (Å²) in [5.74, 6) is -8.24. The van der Waals surface area contributed by atoms with Crippen LogP contribution in [-0.2, 0) is 42.9 Å². The number of aliphatic hydroxyl groups excluding tert-OH is 1. The molecule has 4 unspecified atom stereocenters. The number of carbonyl (C=O) groups excluding carboxylic acids is 5. The van der Waals surface area contributed by atoms with Gasteiger partial charge in [0.1, 0.15) is 30.1 Å². The third-order valence-electron chi connectivity index (χ3n) is 8.42. The molecule has 296 valence electrons. The normalized spacial score (nSPS) is 22.9. The molecular formula is C32H44F2N4O13S2. The maximum Gasteiger partial charge on any atom is 0.414 e. The lowest BCUT2D eigenvalue weighted by Gasteiger charge is -2.36. The van der Waals surface area contributed by atoms with Gasteiger partial charge in [0.25, 0.3) is 0 Å². The summed E-state index contributed by atoms with van der Waals surface area (Å²) in [5, 5.41) is 22.0. The van der Waals surface area contributed by atoms with Gasteiger partial charge < -0.3 is 34.9 Å². The third kappa shape index (κ3) is 13.3. The fraction of sp³-hybridized carbons (Fsp3) is 0.688. The molecule has 0 aromatic carbocycles. The molecule has 1 aromatic rings. The number of nitrogens with two attached hydrogens (primary N) is 1. The van der Waals surface area contributed by atoms with E-state index in [4.69, 9.17) is 24.7 Å². The van der Waals surface area contributed by atoms with Crippen LogP contribution in [0.2, 0.25) is 0 Å². The molecule has 3 rings (SSSR count). The number of rotatable bonds is 22. The molecule has 1 saturated carbocycles. The Balaban J connectivity index is 1.35. The minimum Gasteiger partial charge on any atom is -0.481 e. The number of nitrogen functional groups attached to an aromatic ring is 1. The maximum absolute atomic E-state index is 14.7. The molecule has 2 fully saturated rings. The van der Waals surface area contributed by atoms with Crippen LogP contribution in [0, 0.1) is 11.8 Å². The number of hydrogen-bond donors (Lipinski definition) is 4. The second-order valence-corrected chi connectivity index (χ2v) is 15.0. The van der Waals surface area contributed by atoms with Crippen molar-refractivity contribution in [2.24, 2.45) is 11.8 Å². The molecule has 0 bridgehead atoms. The number of amides is 2. The first-order valence-corrected chi connectivity index (χ1v) is 18.9. The predicted octanol–water partition coefficient (Wildman–Crippen LogP) is 1.58. The second-order valence-electron chi connectivity index (χ2n) is 12.5. The molecule has 0 spiro atoms. The molecular weight excluding hydrogens is 750 g/mol. The van der Waals surface area contributed by atoms with Crippen molar-refractivity contribution in [2.45, 2.75) is 87.2 Å². The number of imide groups is 1. The summed E-state index contributed by atoms with van der Waals surface area (Å²) >= 11 is 2.98. The Morgan fingerprint density at radius 2 is 1.74 bits per heavy atom. The van der Waals surface area contributed by atoms with E-state index in [0.717, 1.165) is 25.1 Å². The smallest absolute Gasteiger partial charge is 0.414 e. The van der Waals surface area contributed by atoms with Gasteiger partial charge >= 0.3 is 29.6 Å². The number of Topliss-reactive ketones (excluding diaryl/α,β-unsaturated/α-hetero) is 2. The number of halogens is 2. The highest BCUT2D eigenvalue weighted by Crippen LogP contribution is 2.43. The first-order valence-electron chi connectivity index (χ1n) is 16.8. The van der Waals surface area contributed by atoms with Crippen LogP contribution in [0.1, 0.15) is 58.6 Å². The van der Waals surface area contributed by atoms with E-state index in [9.17, 15) is 52.6 Å². The minimum absolute atomic E-state index is 0.0259. The van der Waals surface area contributed by atoms with Gasteiger partial charge in [-0.25, -0.2) is 14.4 Å². The summed E-state index contributed by atoms with van der Waals surface area (Å²) in [5.41, 5.74) is 4.21. The van der Waals surface area contributed by atoms with Crippen molar-refractivity contribution in [2.75, 3.05) is 43.7 Å². The lowest BCUT2D eigenvalue weighted by Crippen LogP contribution is -2.42. The van der Waals surface area contributed by atoms with E-state index in [1.54, 1.807) is 6.92 Å². The van der Waals surface area contributed by atoms with Crippen molar-refractivity contribution in [1.29, 1.82) is 0 Å². The number of hydrogen-bond acceptors (Lipinski definition) is 16. The van der Waals surface area contributed by atoms with Gasteiger partial charge in [-0.05, 0) is 32.3 Å². The first-order chi connectivity index (χ1) is 25.0. The second kappa shape index (κ2) is 20.7. The molecule has 17 nitrogen and oxygen atoms in total. The third-order valence-corrected chi connectivity index (χ3v) is 11.8. The number of anilines is 1. The molecule has 1 saturated heterocycles. The van der Waals surface area contributed by atoms with E-state index in [2.05, 4.69) is 4.98 Å². The Bertz CT molecular complexity index is 1530.